The molecule has 4 heterocycles. The topological polar surface area (TPSA) is 84.0 Å². The van der Waals surface area contributed by atoms with Gasteiger partial charge in [0.2, 0.25) is 0 Å². The van der Waals surface area contributed by atoms with Gasteiger partial charge in [-0.2, -0.15) is 5.26 Å². The zero-order chi connectivity index (χ0) is 22.5. The van der Waals surface area contributed by atoms with E-state index in [2.05, 4.69) is 27.1 Å². The van der Waals surface area contributed by atoms with E-state index in [1.54, 1.807) is 16.2 Å². The van der Waals surface area contributed by atoms with Crippen LogP contribution in [-0.4, -0.2) is 44.2 Å². The summed E-state index contributed by atoms with van der Waals surface area (Å²) in [5, 5.41) is 11.2. The molecule has 0 unspecified atom stereocenters. The van der Waals surface area contributed by atoms with Gasteiger partial charge < -0.3 is 14.2 Å². The maximum absolute atomic E-state index is 12.5. The second-order valence-electron chi connectivity index (χ2n) is 10.1. The number of imidazole rings is 1. The fourth-order valence-electron chi connectivity index (χ4n) is 5.01. The van der Waals surface area contributed by atoms with Crippen LogP contribution in [-0.2, 0) is 4.74 Å². The van der Waals surface area contributed by atoms with Gasteiger partial charge in [-0.15, -0.1) is 11.3 Å². The molecule has 0 atom stereocenters. The summed E-state index contributed by atoms with van der Waals surface area (Å²) in [4.78, 5) is 23.9. The summed E-state index contributed by atoms with van der Waals surface area (Å²) in [6, 6.07) is 4.77. The summed E-state index contributed by atoms with van der Waals surface area (Å²) in [6.45, 7) is 6.93. The van der Waals surface area contributed by atoms with Gasteiger partial charge in [0, 0.05) is 25.6 Å². The molecule has 168 valence electrons. The van der Waals surface area contributed by atoms with Gasteiger partial charge in [-0.1, -0.05) is 0 Å². The molecule has 8 heteroatoms. The zero-order valence-electron chi connectivity index (χ0n) is 18.9. The van der Waals surface area contributed by atoms with Crippen molar-refractivity contribution in [3.8, 4) is 6.07 Å². The molecule has 2 fully saturated rings. The Bertz CT molecular complexity index is 1190. The highest BCUT2D eigenvalue weighted by atomic mass is 32.1. The normalized spacial score (nSPS) is 22.1. The van der Waals surface area contributed by atoms with Crippen LogP contribution in [0.5, 0.6) is 0 Å². The van der Waals surface area contributed by atoms with Crippen molar-refractivity contribution in [3.63, 3.8) is 0 Å². The number of thiophene rings is 1. The van der Waals surface area contributed by atoms with Gasteiger partial charge >= 0.3 is 6.09 Å². The number of nitriles is 1. The van der Waals surface area contributed by atoms with Gasteiger partial charge in [0.25, 0.3) is 0 Å². The molecular weight excluding hydrogens is 422 g/mol. The molecule has 0 bridgehead atoms. The fourth-order valence-corrected chi connectivity index (χ4v) is 5.90. The number of amides is 1. The summed E-state index contributed by atoms with van der Waals surface area (Å²) in [5.41, 5.74) is 2.63. The van der Waals surface area contributed by atoms with Gasteiger partial charge in [-0.3, -0.25) is 4.98 Å². The number of ether oxygens (including phenoxy) is 1. The highest BCUT2D eigenvalue weighted by Crippen LogP contribution is 2.41. The van der Waals surface area contributed by atoms with Crippen molar-refractivity contribution >= 4 is 38.7 Å². The molecule has 1 saturated carbocycles. The summed E-state index contributed by atoms with van der Waals surface area (Å²) < 4.78 is 9.18. The lowest BCUT2D eigenvalue weighted by Crippen LogP contribution is -2.51. The third-order valence-electron chi connectivity index (χ3n) is 6.61. The second-order valence-corrected chi connectivity index (χ2v) is 11.0. The molecule has 1 aliphatic heterocycles. The minimum absolute atomic E-state index is 0.196. The Morgan fingerprint density at radius 3 is 2.69 bits per heavy atom. The number of nitrogens with zero attached hydrogens (tertiary/aromatic N) is 5. The van der Waals surface area contributed by atoms with Crippen molar-refractivity contribution in [1.82, 2.24) is 19.4 Å². The standard InChI is InChI=1S/C24H29N5O2S/c1-24(2,3)31-23(30)28-13-16(14-28)22-27-19-12-26-18-9-11-32-21(18)20(19)29(22)17-6-4-15(5-7-17)8-10-25/h9,11-12,15-17H,4-8,13-14H2,1-3H3/t15-,17-. The zero-order valence-corrected chi connectivity index (χ0v) is 19.7. The Labute approximate surface area is 192 Å². The number of aromatic nitrogens is 3. The van der Waals surface area contributed by atoms with Gasteiger partial charge in [0.05, 0.1) is 33.9 Å². The van der Waals surface area contributed by atoms with E-state index in [9.17, 15) is 4.79 Å². The monoisotopic (exact) mass is 451 g/mol. The third-order valence-corrected chi connectivity index (χ3v) is 7.52. The van der Waals surface area contributed by atoms with E-state index >= 15 is 0 Å². The Morgan fingerprint density at radius 1 is 1.25 bits per heavy atom. The SMILES string of the molecule is CC(C)(C)OC(=O)N1CC(c2nc3cnc4ccsc4c3n2[C@H]2CC[C@H](CC#N)CC2)C1. The van der Waals surface area contributed by atoms with Crippen LogP contribution in [0.2, 0.25) is 0 Å². The first kappa shape index (κ1) is 21.2. The molecule has 3 aromatic heterocycles. The van der Waals surface area contributed by atoms with Crippen molar-refractivity contribution in [2.24, 2.45) is 5.92 Å². The smallest absolute Gasteiger partial charge is 0.410 e. The molecule has 0 radical (unpaired) electrons. The highest BCUT2D eigenvalue weighted by molar-refractivity contribution is 7.18. The number of fused-ring (bicyclic) bond motifs is 3. The van der Waals surface area contributed by atoms with Crippen molar-refractivity contribution < 1.29 is 9.53 Å². The average Bonchev–Trinajstić information content (AvgIpc) is 3.30. The van der Waals surface area contributed by atoms with Crippen molar-refractivity contribution in [2.75, 3.05) is 13.1 Å². The first-order valence-corrected chi connectivity index (χ1v) is 12.3. The Balaban J connectivity index is 1.46. The molecule has 3 aromatic rings. The molecular formula is C24H29N5O2S. The quantitative estimate of drug-likeness (QED) is 0.516. The van der Waals surface area contributed by atoms with Gasteiger partial charge in [0.1, 0.15) is 16.9 Å². The van der Waals surface area contributed by atoms with E-state index in [1.165, 1.54) is 10.2 Å². The lowest BCUT2D eigenvalue weighted by atomic mass is 9.84. The van der Waals surface area contributed by atoms with Crippen molar-refractivity contribution in [3.05, 3.63) is 23.5 Å². The van der Waals surface area contributed by atoms with Crippen LogP contribution < -0.4 is 0 Å². The van der Waals surface area contributed by atoms with Gasteiger partial charge in [0.15, 0.2) is 0 Å². The van der Waals surface area contributed by atoms with Crippen LogP contribution in [0.4, 0.5) is 4.79 Å². The predicted molar refractivity (Wildman–Crippen MR) is 125 cm³/mol. The number of pyridine rings is 1. The minimum Gasteiger partial charge on any atom is -0.444 e. The van der Waals surface area contributed by atoms with Crippen molar-refractivity contribution in [1.29, 1.82) is 5.26 Å². The van der Waals surface area contributed by atoms with E-state index in [-0.39, 0.29) is 12.0 Å². The molecule has 1 amide bonds. The van der Waals surface area contributed by atoms with E-state index in [4.69, 9.17) is 15.0 Å². The lowest BCUT2D eigenvalue weighted by molar-refractivity contribution is 0.00709. The van der Waals surface area contributed by atoms with Crippen LogP contribution in [0.1, 0.15) is 70.7 Å². The fraction of sp³-hybridized carbons (Fsp3) is 0.583. The number of rotatable bonds is 3. The van der Waals surface area contributed by atoms with E-state index < -0.39 is 5.60 Å². The summed E-state index contributed by atoms with van der Waals surface area (Å²) in [6.07, 6.45) is 6.54. The molecule has 32 heavy (non-hydrogen) atoms. The number of hydrogen-bond donors (Lipinski definition) is 0. The van der Waals surface area contributed by atoms with E-state index in [1.807, 2.05) is 27.0 Å². The lowest BCUT2D eigenvalue weighted by Gasteiger charge is -2.40. The first-order chi connectivity index (χ1) is 15.3. The molecule has 0 spiro atoms. The molecule has 5 rings (SSSR count). The van der Waals surface area contributed by atoms with Crippen LogP contribution in [0.3, 0.4) is 0 Å². The largest absolute Gasteiger partial charge is 0.444 e. The number of carbonyl (C=O) groups is 1. The minimum atomic E-state index is -0.492. The highest BCUT2D eigenvalue weighted by Gasteiger charge is 2.39. The summed E-state index contributed by atoms with van der Waals surface area (Å²) >= 11 is 1.72. The Morgan fingerprint density at radius 2 is 2.00 bits per heavy atom. The molecule has 0 aromatic carbocycles. The number of likely N-dealkylation sites (tertiary alicyclic amines) is 1. The van der Waals surface area contributed by atoms with Crippen LogP contribution in [0.25, 0.3) is 21.3 Å². The first-order valence-electron chi connectivity index (χ1n) is 11.4. The molecule has 7 nitrogen and oxygen atoms in total. The van der Waals surface area contributed by atoms with Crippen LogP contribution in [0, 0.1) is 17.2 Å². The Hall–Kier alpha value is -2.66. The number of hydrogen-bond acceptors (Lipinski definition) is 6. The maximum Gasteiger partial charge on any atom is 0.410 e. The van der Waals surface area contributed by atoms with E-state index in [0.717, 1.165) is 42.5 Å². The van der Waals surface area contributed by atoms with Gasteiger partial charge in [-0.25, -0.2) is 9.78 Å². The van der Waals surface area contributed by atoms with Gasteiger partial charge in [-0.05, 0) is 63.8 Å². The number of carbonyl (C=O) groups excluding carboxylic acids is 1. The maximum atomic E-state index is 12.5. The predicted octanol–water partition coefficient (Wildman–Crippen LogP) is 5.63. The van der Waals surface area contributed by atoms with E-state index in [0.29, 0.717) is 31.5 Å². The third kappa shape index (κ3) is 3.83. The van der Waals surface area contributed by atoms with Crippen LogP contribution >= 0.6 is 11.3 Å². The molecule has 2 aliphatic rings. The molecule has 0 N–H and O–H groups in total. The van der Waals surface area contributed by atoms with Crippen molar-refractivity contribution in [2.45, 2.75) is 70.4 Å². The molecule has 1 saturated heterocycles. The average molecular weight is 452 g/mol. The van der Waals surface area contributed by atoms with Crippen LogP contribution in [0.15, 0.2) is 17.6 Å². The molecule has 1 aliphatic carbocycles. The Kier molecular flexibility index (Phi) is 5.32. The second kappa shape index (κ2) is 8.04. The summed E-state index contributed by atoms with van der Waals surface area (Å²) in [7, 11) is 0. The summed E-state index contributed by atoms with van der Waals surface area (Å²) in [5.74, 6) is 1.76.